The third kappa shape index (κ3) is 20.4. The number of imide groups is 1. The van der Waals surface area contributed by atoms with Crippen LogP contribution in [0.4, 0.5) is 0 Å². The van der Waals surface area contributed by atoms with Gasteiger partial charge in [0.1, 0.15) is 47.0 Å². The highest BCUT2D eigenvalue weighted by molar-refractivity contribution is 7.85. The molecule has 1 unspecified atom stereocenters. The van der Waals surface area contributed by atoms with Crippen LogP contribution >= 0.6 is 0 Å². The summed E-state index contributed by atoms with van der Waals surface area (Å²) in [5, 5.41) is 64.0. The summed E-state index contributed by atoms with van der Waals surface area (Å²) in [7, 11) is 0.989. The van der Waals surface area contributed by atoms with Crippen LogP contribution in [0.1, 0.15) is 115 Å². The van der Waals surface area contributed by atoms with E-state index in [-0.39, 0.29) is 74.8 Å². The van der Waals surface area contributed by atoms with E-state index in [1.807, 2.05) is 4.90 Å². The van der Waals surface area contributed by atoms with Crippen molar-refractivity contribution >= 4 is 98.5 Å². The van der Waals surface area contributed by atoms with Gasteiger partial charge in [0, 0.05) is 94.0 Å². The highest BCUT2D eigenvalue weighted by atomic mass is 32.2. The van der Waals surface area contributed by atoms with Gasteiger partial charge in [0.15, 0.2) is 0 Å². The number of fused-ring (bicyclic) bond motifs is 5. The lowest BCUT2D eigenvalue weighted by Gasteiger charge is -2.32. The third-order valence-electron chi connectivity index (χ3n) is 18.9. The number of aliphatic hydroxyl groups is 3. The lowest BCUT2D eigenvalue weighted by Crippen LogP contribution is -2.62. The summed E-state index contributed by atoms with van der Waals surface area (Å²) in [5.41, 5.74) is 6.07. The second kappa shape index (κ2) is 35.2. The van der Waals surface area contributed by atoms with Gasteiger partial charge in [-0.15, -0.1) is 0 Å². The van der Waals surface area contributed by atoms with Crippen LogP contribution in [0.5, 0.6) is 5.75 Å². The van der Waals surface area contributed by atoms with Gasteiger partial charge in [-0.3, -0.25) is 71.4 Å². The number of phenolic OH excluding ortho intramolecular Hbond substituents is 1. The predicted molar refractivity (Wildman–Crippen MR) is 348 cm³/mol. The van der Waals surface area contributed by atoms with Crippen LogP contribution in [0.3, 0.4) is 0 Å². The van der Waals surface area contributed by atoms with Crippen molar-refractivity contribution in [1.82, 2.24) is 67.1 Å². The number of carbonyl (C=O) groups excluding carboxylic acids is 13. The summed E-state index contributed by atoms with van der Waals surface area (Å²) in [6.07, 6.45) is 4.24. The lowest BCUT2D eigenvalue weighted by molar-refractivity contribution is -0.144. The number of aromatic nitrogens is 1. The molecule has 5 heterocycles. The second-order valence-electron chi connectivity index (χ2n) is 26.1. The van der Waals surface area contributed by atoms with E-state index >= 15 is 4.21 Å². The number of nitrogens with zero attached hydrogens (tertiary/aromatic N) is 4. The molecular formula is C64H94N14O18S. The minimum absolute atomic E-state index is 0.0149. The number of benzene rings is 1. The van der Waals surface area contributed by atoms with Gasteiger partial charge >= 0.3 is 0 Å². The number of aliphatic hydroxyl groups excluding tert-OH is 3. The van der Waals surface area contributed by atoms with Crippen molar-refractivity contribution in [2.75, 3.05) is 72.3 Å². The Morgan fingerprint density at radius 3 is 2.12 bits per heavy atom. The maximum Gasteiger partial charge on any atom is 0.253 e. The third-order valence-corrected chi connectivity index (χ3v) is 20.3. The number of aromatic hydroxyl groups is 1. The van der Waals surface area contributed by atoms with E-state index in [9.17, 15) is 82.8 Å². The maximum atomic E-state index is 15.3. The molecule has 13 amide bonds. The van der Waals surface area contributed by atoms with Gasteiger partial charge in [-0.2, -0.15) is 0 Å². The van der Waals surface area contributed by atoms with Crippen molar-refractivity contribution in [3.05, 3.63) is 35.4 Å². The standard InChI is InChI=1S/C64H94N14O18S/c1-6-34(2)54-61(93)68-27-49(84)69-44-33-97(96)63-40(25-42(58(90)67-28-50(85)72-54)70-62(94)55(35(3)47(82)32-79)73-60(92)45-24-38(80)30-77(45)64(95)43(26-48(65)83)71-59(44)91)39-17-18-46(81)41(56(39)74-63)31-75(4)22-10-11-23-76(5)51(86)12-8-7-9-21-66-57(89)37-15-13-36(14-16-37)29-78-52(87)19-20-53(78)88/h17-20,34-38,42-45,47,54-55,74,79-82H,6-16,21-33H2,1-5H3,(H2,65,83)(H,66,89)(H,67,90)(H,68,93)(H,69,84)(H,70,94)(H,71,91)(H,72,85)(H,73,92)/t34-,35+,36?,37?,38+,42+,43-,44+,45-,47+,54-,55-,97?/m0/s1. The van der Waals surface area contributed by atoms with Crippen molar-refractivity contribution in [3.63, 3.8) is 0 Å². The summed E-state index contributed by atoms with van der Waals surface area (Å²) in [6, 6.07) is -7.54. The van der Waals surface area contributed by atoms with E-state index < -0.39 is 176 Å². The van der Waals surface area contributed by atoms with Crippen LogP contribution in [0, 0.1) is 23.7 Å². The van der Waals surface area contributed by atoms with Crippen molar-refractivity contribution in [3.8, 4) is 5.75 Å². The molecule has 1 saturated carbocycles. The number of nitrogens with one attached hydrogen (secondary N) is 9. The monoisotopic (exact) mass is 1380 g/mol. The number of phenols is 1. The smallest absolute Gasteiger partial charge is 0.253 e. The molecule has 534 valence electrons. The molecule has 7 rings (SSSR count). The van der Waals surface area contributed by atoms with Crippen LogP contribution in [-0.4, -0.2) is 247 Å². The topological polar surface area (TPSA) is 471 Å². The molecule has 1 aliphatic carbocycles. The highest BCUT2D eigenvalue weighted by Crippen LogP contribution is 2.35. The molecule has 4 aliphatic heterocycles. The van der Waals surface area contributed by atoms with Crippen molar-refractivity contribution in [2.24, 2.45) is 29.4 Å². The lowest BCUT2D eigenvalue weighted by atomic mass is 9.81. The first-order chi connectivity index (χ1) is 46.1. The fourth-order valence-corrected chi connectivity index (χ4v) is 14.2. The molecule has 2 aromatic rings. The normalized spacial score (nSPS) is 26.0. The summed E-state index contributed by atoms with van der Waals surface area (Å²) in [6.45, 7) is 3.33. The number of rotatable bonds is 23. The Morgan fingerprint density at radius 2 is 1.45 bits per heavy atom. The molecule has 0 spiro atoms. The second-order valence-corrected chi connectivity index (χ2v) is 27.5. The van der Waals surface area contributed by atoms with Gasteiger partial charge in [0.25, 0.3) is 11.8 Å². The van der Waals surface area contributed by atoms with Crippen LogP contribution < -0.4 is 48.3 Å². The zero-order chi connectivity index (χ0) is 70.9. The van der Waals surface area contributed by atoms with Crippen molar-refractivity contribution < 1.29 is 87.0 Å². The Labute approximate surface area is 563 Å². The SMILES string of the molecule is CC[C@H](C)[C@@H]1NC(=O)CNC(=O)[C@H]2Cc3c([nH]c4c(CN(C)CCCCN(C)C(=O)CCCCCNC(=O)C5CCC(CN6C(=O)C=CC6=O)CC5)c(O)ccc34)S(=O)C[C@@H](NC(=O)CNC1=O)C(=O)N[C@@H](CC(N)=O)C(=O)N1C[C@H](O)C[C@H]1C(=O)N[C@@H]([C@H](C)[C@H](O)CO)C(=O)N2. The van der Waals surface area contributed by atoms with Gasteiger partial charge < -0.3 is 88.4 Å². The quantitative estimate of drug-likeness (QED) is 0.0374. The average molecular weight is 1380 g/mol. The van der Waals surface area contributed by atoms with Gasteiger partial charge in [0.2, 0.25) is 65.0 Å². The Hall–Kier alpha value is -8.40. The zero-order valence-corrected chi connectivity index (χ0v) is 56.3. The fraction of sp³-hybridized carbons (Fsp3) is 0.641. The van der Waals surface area contributed by atoms with E-state index in [2.05, 4.69) is 47.5 Å². The fourth-order valence-electron chi connectivity index (χ4n) is 12.8. The molecule has 1 aromatic carbocycles. The molecule has 97 heavy (non-hydrogen) atoms. The van der Waals surface area contributed by atoms with Crippen molar-refractivity contribution in [2.45, 2.75) is 171 Å². The molecule has 33 heteroatoms. The first-order valence-electron chi connectivity index (χ1n) is 33.2. The number of H-pyrrole nitrogens is 1. The van der Waals surface area contributed by atoms with E-state index in [1.54, 1.807) is 32.8 Å². The summed E-state index contributed by atoms with van der Waals surface area (Å²) >= 11 is 0. The van der Waals surface area contributed by atoms with Gasteiger partial charge in [0.05, 0.1) is 60.4 Å². The molecule has 1 aromatic heterocycles. The Morgan fingerprint density at radius 1 is 0.784 bits per heavy atom. The van der Waals surface area contributed by atoms with E-state index in [4.69, 9.17) is 5.73 Å². The summed E-state index contributed by atoms with van der Waals surface area (Å²) in [4.78, 5) is 186. The van der Waals surface area contributed by atoms with E-state index in [1.165, 1.54) is 36.1 Å². The molecule has 15 N–H and O–H groups in total. The number of unbranched alkanes of at least 4 members (excludes halogenated alkanes) is 3. The number of hydrogen-bond donors (Lipinski definition) is 14. The Bertz CT molecular complexity index is 3320. The van der Waals surface area contributed by atoms with Gasteiger partial charge in [-0.1, -0.05) is 33.6 Å². The first kappa shape index (κ1) is 76.0. The summed E-state index contributed by atoms with van der Waals surface area (Å²) < 4.78 is 15.3. The molecule has 11 atom stereocenters. The first-order valence-corrected chi connectivity index (χ1v) is 34.5. The molecule has 2 fully saturated rings. The van der Waals surface area contributed by atoms with E-state index in [0.717, 1.165) is 24.2 Å². The summed E-state index contributed by atoms with van der Waals surface area (Å²) in [5.74, 6) is -13.1. The minimum atomic E-state index is -2.50. The van der Waals surface area contributed by atoms with Crippen LogP contribution in [-0.2, 0) is 86.1 Å². The molecule has 0 radical (unpaired) electrons. The minimum Gasteiger partial charge on any atom is -0.508 e. The molecule has 5 aliphatic rings. The van der Waals surface area contributed by atoms with Crippen LogP contribution in [0.25, 0.3) is 10.9 Å². The molecule has 32 nitrogen and oxygen atoms in total. The number of amides is 13. The molecule has 2 bridgehead atoms. The van der Waals surface area contributed by atoms with Gasteiger partial charge in [-0.05, 0) is 94.5 Å². The number of nitrogens with two attached hydrogens (primary N) is 1. The largest absolute Gasteiger partial charge is 0.508 e. The Kier molecular flexibility index (Phi) is 27.6. The van der Waals surface area contributed by atoms with Crippen molar-refractivity contribution in [1.29, 1.82) is 0 Å². The zero-order valence-electron chi connectivity index (χ0n) is 55.5. The maximum absolute atomic E-state index is 15.3. The van der Waals surface area contributed by atoms with E-state index in [0.29, 0.717) is 77.5 Å². The number of hydrogen-bond acceptors (Lipinski definition) is 19. The number of primary amides is 1. The van der Waals surface area contributed by atoms with Gasteiger partial charge in [-0.25, -0.2) is 0 Å². The van der Waals surface area contributed by atoms with Crippen LogP contribution in [0.15, 0.2) is 29.3 Å². The Balaban J connectivity index is 1.11. The number of carbonyl (C=O) groups is 13. The average Bonchev–Trinajstić information content (AvgIpc) is 1.63. The number of aromatic amines is 1. The predicted octanol–water partition coefficient (Wildman–Crippen LogP) is -3.84. The molecular weight excluding hydrogens is 1280 g/mol. The highest BCUT2D eigenvalue weighted by Gasteiger charge is 2.45. The molecule has 1 saturated heterocycles. The van der Waals surface area contributed by atoms with Crippen LogP contribution in [0.2, 0.25) is 0 Å².